The Bertz CT molecular complexity index is 754. The molecule has 2 N–H and O–H groups in total. The number of carbonyl (C=O) groups excluding carboxylic acids is 1. The van der Waals surface area contributed by atoms with Crippen molar-refractivity contribution >= 4 is 35.2 Å². The lowest BCUT2D eigenvalue weighted by Gasteiger charge is -2.05. The summed E-state index contributed by atoms with van der Waals surface area (Å²) in [6, 6.07) is 11.0. The second-order valence-corrected chi connectivity index (χ2v) is 5.03. The monoisotopic (exact) mass is 331 g/mol. The van der Waals surface area contributed by atoms with Crippen molar-refractivity contribution in [3.05, 3.63) is 64.7 Å². The number of carboxylic acids is 1. The summed E-state index contributed by atoms with van der Waals surface area (Å²) in [6.07, 6.45) is 2.94. The highest BCUT2D eigenvalue weighted by Crippen LogP contribution is 2.23. The van der Waals surface area contributed by atoms with Gasteiger partial charge in [0.2, 0.25) is 5.91 Å². The molecule has 0 heterocycles. The molecule has 0 fully saturated rings. The minimum Gasteiger partial charge on any atom is -0.496 e. The summed E-state index contributed by atoms with van der Waals surface area (Å²) in [6.45, 7) is 0. The number of hydrogen-bond donors (Lipinski definition) is 2. The quantitative estimate of drug-likeness (QED) is 0.819. The first kappa shape index (κ1) is 16.6. The second-order valence-electron chi connectivity index (χ2n) is 4.59. The van der Waals surface area contributed by atoms with E-state index in [0.717, 1.165) is 0 Å². The largest absolute Gasteiger partial charge is 0.496 e. The molecule has 0 aliphatic heterocycles. The van der Waals surface area contributed by atoms with Crippen molar-refractivity contribution in [2.45, 2.75) is 0 Å². The molecular formula is C17H14ClNO4. The van der Waals surface area contributed by atoms with Gasteiger partial charge in [0.15, 0.2) is 0 Å². The van der Waals surface area contributed by atoms with E-state index < -0.39 is 5.97 Å². The summed E-state index contributed by atoms with van der Waals surface area (Å²) in [7, 11) is 1.53. The minimum absolute atomic E-state index is 0.155. The van der Waals surface area contributed by atoms with Gasteiger partial charge < -0.3 is 15.2 Å². The van der Waals surface area contributed by atoms with E-state index >= 15 is 0 Å². The third kappa shape index (κ3) is 4.59. The Labute approximate surface area is 138 Å². The van der Waals surface area contributed by atoms with Gasteiger partial charge in [-0.15, -0.1) is 0 Å². The Kier molecular flexibility index (Phi) is 5.38. The number of aromatic carboxylic acids is 1. The van der Waals surface area contributed by atoms with Gasteiger partial charge in [-0.2, -0.15) is 0 Å². The number of halogens is 1. The van der Waals surface area contributed by atoms with E-state index in [-0.39, 0.29) is 11.5 Å². The maximum Gasteiger partial charge on any atom is 0.335 e. The number of hydrogen-bond acceptors (Lipinski definition) is 3. The van der Waals surface area contributed by atoms with Crippen LogP contribution in [0.5, 0.6) is 5.75 Å². The zero-order valence-electron chi connectivity index (χ0n) is 12.2. The number of rotatable bonds is 5. The smallest absolute Gasteiger partial charge is 0.335 e. The zero-order chi connectivity index (χ0) is 16.8. The lowest BCUT2D eigenvalue weighted by molar-refractivity contribution is -0.111. The van der Waals surface area contributed by atoms with E-state index in [1.807, 2.05) is 0 Å². The van der Waals surface area contributed by atoms with E-state index in [1.54, 1.807) is 24.3 Å². The summed E-state index contributed by atoms with van der Waals surface area (Å²) < 4.78 is 5.19. The molecule has 0 aliphatic rings. The molecule has 0 bridgehead atoms. The first-order chi connectivity index (χ1) is 11.0. The van der Waals surface area contributed by atoms with Crippen LogP contribution in [0.25, 0.3) is 6.08 Å². The number of carbonyl (C=O) groups is 2. The summed E-state index contributed by atoms with van der Waals surface area (Å²) in [4.78, 5) is 22.7. The number of nitrogens with one attached hydrogen (secondary N) is 1. The number of benzene rings is 2. The molecule has 0 radical (unpaired) electrons. The normalized spacial score (nSPS) is 10.5. The van der Waals surface area contributed by atoms with Gasteiger partial charge in [0.25, 0.3) is 0 Å². The van der Waals surface area contributed by atoms with Crippen molar-refractivity contribution in [3.63, 3.8) is 0 Å². The Balaban J connectivity index is 2.07. The van der Waals surface area contributed by atoms with Crippen molar-refractivity contribution < 1.29 is 19.4 Å². The van der Waals surface area contributed by atoms with Crippen LogP contribution in [0.3, 0.4) is 0 Å². The molecule has 2 rings (SSSR count). The molecule has 6 heteroatoms. The highest BCUT2D eigenvalue weighted by Gasteiger charge is 2.04. The highest BCUT2D eigenvalue weighted by molar-refractivity contribution is 6.30. The molecule has 2 aromatic carbocycles. The van der Waals surface area contributed by atoms with Crippen LogP contribution in [0.2, 0.25) is 5.02 Å². The summed E-state index contributed by atoms with van der Waals surface area (Å²) in [5, 5.41) is 12.0. The number of anilines is 1. The summed E-state index contributed by atoms with van der Waals surface area (Å²) >= 11 is 5.92. The van der Waals surface area contributed by atoms with E-state index in [4.69, 9.17) is 21.4 Å². The minimum atomic E-state index is -1.02. The summed E-state index contributed by atoms with van der Waals surface area (Å²) in [5.74, 6) is -0.768. The fourth-order valence-electron chi connectivity index (χ4n) is 1.88. The van der Waals surface area contributed by atoms with Crippen LogP contribution in [0, 0.1) is 0 Å². The van der Waals surface area contributed by atoms with Gasteiger partial charge in [-0.25, -0.2) is 4.79 Å². The van der Waals surface area contributed by atoms with E-state index in [0.29, 0.717) is 22.0 Å². The van der Waals surface area contributed by atoms with Gasteiger partial charge in [-0.05, 0) is 48.5 Å². The van der Waals surface area contributed by atoms with Gasteiger partial charge in [0.1, 0.15) is 5.75 Å². The highest BCUT2D eigenvalue weighted by atomic mass is 35.5. The van der Waals surface area contributed by atoms with Gasteiger partial charge in [-0.3, -0.25) is 4.79 Å². The van der Waals surface area contributed by atoms with E-state index in [2.05, 4.69) is 5.32 Å². The van der Waals surface area contributed by atoms with Crippen LogP contribution in [0.4, 0.5) is 5.69 Å². The van der Waals surface area contributed by atoms with Gasteiger partial charge in [0, 0.05) is 22.3 Å². The number of ether oxygens (including phenoxy) is 1. The first-order valence-corrected chi connectivity index (χ1v) is 7.03. The average molecular weight is 332 g/mol. The van der Waals surface area contributed by atoms with Gasteiger partial charge in [0.05, 0.1) is 12.7 Å². The topological polar surface area (TPSA) is 75.6 Å². The van der Waals surface area contributed by atoms with Crippen molar-refractivity contribution in [2.75, 3.05) is 12.4 Å². The SMILES string of the molecule is COc1ccc(Cl)cc1/C=C/C(=O)Nc1ccc(C(=O)O)cc1. The zero-order valence-corrected chi connectivity index (χ0v) is 13.0. The predicted molar refractivity (Wildman–Crippen MR) is 89.1 cm³/mol. The molecule has 0 atom stereocenters. The van der Waals surface area contributed by atoms with Crippen LogP contribution < -0.4 is 10.1 Å². The Morgan fingerprint density at radius 1 is 1.17 bits per heavy atom. The van der Waals surface area contributed by atoms with E-state index in [1.165, 1.54) is 37.5 Å². The molecular weight excluding hydrogens is 318 g/mol. The molecule has 0 aliphatic carbocycles. The maximum atomic E-state index is 11.9. The number of methoxy groups -OCH3 is 1. The fraction of sp³-hybridized carbons (Fsp3) is 0.0588. The Morgan fingerprint density at radius 2 is 1.87 bits per heavy atom. The van der Waals surface area contributed by atoms with Crippen LogP contribution in [0.15, 0.2) is 48.5 Å². The van der Waals surface area contributed by atoms with Crippen LogP contribution in [0.1, 0.15) is 15.9 Å². The standard InChI is InChI=1S/C17H14ClNO4/c1-23-15-8-5-13(18)10-12(15)4-9-16(20)19-14-6-2-11(3-7-14)17(21)22/h2-10H,1H3,(H,19,20)(H,21,22)/b9-4+. The summed E-state index contributed by atoms with van der Waals surface area (Å²) in [5.41, 5.74) is 1.33. The van der Waals surface area contributed by atoms with Crippen molar-refractivity contribution in [1.29, 1.82) is 0 Å². The van der Waals surface area contributed by atoms with Crippen LogP contribution in [-0.4, -0.2) is 24.1 Å². The molecule has 2 aromatic rings. The van der Waals surface area contributed by atoms with Crippen molar-refractivity contribution in [2.24, 2.45) is 0 Å². The van der Waals surface area contributed by atoms with E-state index in [9.17, 15) is 9.59 Å². The lowest BCUT2D eigenvalue weighted by atomic mass is 10.2. The van der Waals surface area contributed by atoms with Crippen molar-refractivity contribution in [3.8, 4) is 5.75 Å². The average Bonchev–Trinajstić information content (AvgIpc) is 2.53. The lowest BCUT2D eigenvalue weighted by Crippen LogP contribution is -2.08. The van der Waals surface area contributed by atoms with Gasteiger partial charge >= 0.3 is 5.97 Å². The molecule has 1 amide bonds. The first-order valence-electron chi connectivity index (χ1n) is 6.65. The fourth-order valence-corrected chi connectivity index (χ4v) is 2.06. The maximum absolute atomic E-state index is 11.9. The third-order valence-electron chi connectivity index (χ3n) is 3.01. The Hall–Kier alpha value is -2.79. The van der Waals surface area contributed by atoms with Crippen molar-refractivity contribution in [1.82, 2.24) is 0 Å². The van der Waals surface area contributed by atoms with Crippen LogP contribution >= 0.6 is 11.6 Å². The molecule has 0 saturated carbocycles. The predicted octanol–water partition coefficient (Wildman–Crippen LogP) is 3.70. The second kappa shape index (κ2) is 7.47. The molecule has 0 saturated heterocycles. The third-order valence-corrected chi connectivity index (χ3v) is 3.24. The number of amides is 1. The van der Waals surface area contributed by atoms with Gasteiger partial charge in [-0.1, -0.05) is 11.6 Å². The molecule has 118 valence electrons. The molecule has 0 aromatic heterocycles. The molecule has 23 heavy (non-hydrogen) atoms. The molecule has 0 unspecified atom stereocenters. The Morgan fingerprint density at radius 3 is 2.48 bits per heavy atom. The number of carboxylic acid groups (broad SMARTS) is 1. The molecule has 0 spiro atoms. The molecule has 5 nitrogen and oxygen atoms in total. The van der Waals surface area contributed by atoms with Crippen LogP contribution in [-0.2, 0) is 4.79 Å².